The number of aryl methyl sites for hydroxylation is 2. The Kier molecular flexibility index (Phi) is 5.07. The molecule has 0 bridgehead atoms. The molecule has 1 aliphatic rings. The molecule has 0 spiro atoms. The number of carbonyl (C=O) groups is 2. The summed E-state index contributed by atoms with van der Waals surface area (Å²) in [5.74, 6) is -0.976. The largest absolute Gasteiger partial charge is 0.452 e. The third kappa shape index (κ3) is 3.89. The van der Waals surface area contributed by atoms with Crippen LogP contribution in [0.15, 0.2) is 36.4 Å². The van der Waals surface area contributed by atoms with Crippen LogP contribution in [0.3, 0.4) is 0 Å². The van der Waals surface area contributed by atoms with Crippen LogP contribution in [0.4, 0.5) is 5.69 Å². The summed E-state index contributed by atoms with van der Waals surface area (Å²) in [7, 11) is 0. The summed E-state index contributed by atoms with van der Waals surface area (Å²) in [4.78, 5) is 24.0. The van der Waals surface area contributed by atoms with Crippen LogP contribution in [0.5, 0.6) is 0 Å². The Hall–Kier alpha value is -2.04. The predicted octanol–water partition coefficient (Wildman–Crippen LogP) is 4.28. The molecule has 1 aliphatic carbocycles. The molecule has 0 fully saturated rings. The fraction of sp³-hybridized carbons (Fsp3) is 0.222. The zero-order chi connectivity index (χ0) is 17.1. The monoisotopic (exact) mass is 363 g/mol. The second-order valence-electron chi connectivity index (χ2n) is 5.59. The molecule has 2 aromatic rings. The number of nitrogens with one attached hydrogen (secondary N) is 1. The Morgan fingerprint density at radius 1 is 1.04 bits per heavy atom. The Balaban J connectivity index is 1.57. The van der Waals surface area contributed by atoms with E-state index in [1.165, 1.54) is 17.2 Å². The number of halogens is 2. The summed E-state index contributed by atoms with van der Waals surface area (Å²) in [5.41, 5.74) is 3.34. The summed E-state index contributed by atoms with van der Waals surface area (Å²) in [6.07, 6.45) is 3.14. The summed E-state index contributed by atoms with van der Waals surface area (Å²) >= 11 is 11.8. The van der Waals surface area contributed by atoms with Crippen molar-refractivity contribution in [1.82, 2.24) is 0 Å². The Morgan fingerprint density at radius 2 is 1.83 bits per heavy atom. The zero-order valence-electron chi connectivity index (χ0n) is 12.8. The van der Waals surface area contributed by atoms with E-state index in [-0.39, 0.29) is 6.61 Å². The van der Waals surface area contributed by atoms with Gasteiger partial charge in [0, 0.05) is 5.02 Å². The van der Waals surface area contributed by atoms with Gasteiger partial charge in [-0.15, -0.1) is 0 Å². The predicted molar refractivity (Wildman–Crippen MR) is 93.8 cm³/mol. The molecule has 24 heavy (non-hydrogen) atoms. The van der Waals surface area contributed by atoms with Gasteiger partial charge in [0.05, 0.1) is 16.3 Å². The van der Waals surface area contributed by atoms with E-state index in [0.29, 0.717) is 21.3 Å². The molecule has 1 amide bonds. The van der Waals surface area contributed by atoms with Crippen molar-refractivity contribution in [3.63, 3.8) is 0 Å². The van der Waals surface area contributed by atoms with Gasteiger partial charge in [-0.25, -0.2) is 4.79 Å². The fourth-order valence-corrected chi connectivity index (χ4v) is 3.15. The highest BCUT2D eigenvalue weighted by Gasteiger charge is 2.16. The van der Waals surface area contributed by atoms with Crippen molar-refractivity contribution in [2.45, 2.75) is 19.3 Å². The molecule has 124 valence electrons. The minimum Gasteiger partial charge on any atom is -0.452 e. The average molecular weight is 364 g/mol. The number of anilines is 1. The van der Waals surface area contributed by atoms with Gasteiger partial charge >= 0.3 is 5.97 Å². The number of esters is 1. The maximum Gasteiger partial charge on any atom is 0.338 e. The second kappa shape index (κ2) is 7.24. The minimum absolute atomic E-state index is 0.320. The van der Waals surface area contributed by atoms with Gasteiger partial charge in [0.1, 0.15) is 0 Å². The van der Waals surface area contributed by atoms with E-state index in [1.54, 1.807) is 18.2 Å². The van der Waals surface area contributed by atoms with E-state index in [4.69, 9.17) is 27.9 Å². The van der Waals surface area contributed by atoms with Gasteiger partial charge in [-0.2, -0.15) is 0 Å². The van der Waals surface area contributed by atoms with Crippen molar-refractivity contribution in [3.05, 3.63) is 63.1 Å². The first-order valence-corrected chi connectivity index (χ1v) is 8.32. The van der Waals surface area contributed by atoms with Crippen molar-refractivity contribution in [2.24, 2.45) is 0 Å². The Bertz CT molecular complexity index is 805. The lowest BCUT2D eigenvalue weighted by Crippen LogP contribution is -2.21. The molecule has 1 N–H and O–H groups in total. The highest BCUT2D eigenvalue weighted by atomic mass is 35.5. The van der Waals surface area contributed by atoms with E-state index in [0.717, 1.165) is 19.3 Å². The number of fused-ring (bicyclic) bond motifs is 1. The van der Waals surface area contributed by atoms with Gasteiger partial charge in [-0.3, -0.25) is 4.79 Å². The molecule has 0 aliphatic heterocycles. The van der Waals surface area contributed by atoms with Gasteiger partial charge < -0.3 is 10.1 Å². The first-order valence-electron chi connectivity index (χ1n) is 7.57. The van der Waals surface area contributed by atoms with Gasteiger partial charge in [0.2, 0.25) is 0 Å². The number of carbonyl (C=O) groups excluding carboxylic acids is 2. The third-order valence-corrected chi connectivity index (χ3v) is 4.42. The van der Waals surface area contributed by atoms with Crippen molar-refractivity contribution in [2.75, 3.05) is 11.9 Å². The lowest BCUT2D eigenvalue weighted by atomic mass is 10.1. The molecule has 6 heteroatoms. The molecule has 4 nitrogen and oxygen atoms in total. The second-order valence-corrected chi connectivity index (χ2v) is 6.43. The molecule has 0 saturated heterocycles. The number of ether oxygens (including phenoxy) is 1. The first kappa shape index (κ1) is 16.8. The van der Waals surface area contributed by atoms with Crippen molar-refractivity contribution in [1.29, 1.82) is 0 Å². The van der Waals surface area contributed by atoms with Crippen molar-refractivity contribution >= 4 is 40.8 Å². The summed E-state index contributed by atoms with van der Waals surface area (Å²) < 4.78 is 5.07. The number of rotatable bonds is 4. The quantitative estimate of drug-likeness (QED) is 0.824. The average Bonchev–Trinajstić information content (AvgIpc) is 3.03. The van der Waals surface area contributed by atoms with Gasteiger partial charge in [0.25, 0.3) is 5.91 Å². The molecule has 0 saturated carbocycles. The third-order valence-electron chi connectivity index (χ3n) is 3.87. The van der Waals surface area contributed by atoms with Crippen molar-refractivity contribution in [3.8, 4) is 0 Å². The van der Waals surface area contributed by atoms with Crippen LogP contribution < -0.4 is 5.32 Å². The molecule has 2 aromatic carbocycles. The fourth-order valence-electron chi connectivity index (χ4n) is 2.69. The van der Waals surface area contributed by atoms with E-state index >= 15 is 0 Å². The summed E-state index contributed by atoms with van der Waals surface area (Å²) in [6.45, 7) is -0.380. The minimum atomic E-state index is -0.512. The van der Waals surface area contributed by atoms with E-state index < -0.39 is 11.9 Å². The van der Waals surface area contributed by atoms with Gasteiger partial charge in [-0.1, -0.05) is 29.3 Å². The molecular formula is C18H15Cl2NO3. The molecule has 0 aromatic heterocycles. The molecular weight excluding hydrogens is 349 g/mol. The van der Waals surface area contributed by atoms with Crippen LogP contribution in [0.2, 0.25) is 10.0 Å². The number of hydrogen-bond donors (Lipinski definition) is 1. The van der Waals surface area contributed by atoms with Crippen LogP contribution in [-0.2, 0) is 22.4 Å². The topological polar surface area (TPSA) is 55.4 Å². The lowest BCUT2D eigenvalue weighted by molar-refractivity contribution is -0.119. The highest BCUT2D eigenvalue weighted by Crippen LogP contribution is 2.25. The smallest absolute Gasteiger partial charge is 0.338 e. The summed E-state index contributed by atoms with van der Waals surface area (Å²) in [6, 6.07) is 10.3. The van der Waals surface area contributed by atoms with Crippen LogP contribution in [-0.4, -0.2) is 18.5 Å². The summed E-state index contributed by atoms with van der Waals surface area (Å²) in [5, 5.41) is 3.37. The number of hydrogen-bond acceptors (Lipinski definition) is 3. The number of amides is 1. The molecule has 0 radical (unpaired) electrons. The van der Waals surface area contributed by atoms with E-state index in [2.05, 4.69) is 5.32 Å². The highest BCUT2D eigenvalue weighted by molar-refractivity contribution is 6.36. The standard InChI is InChI=1S/C18H15Cl2NO3/c19-14-6-7-16(15(20)9-14)21-17(22)10-24-18(23)13-5-4-11-2-1-3-12(11)8-13/h4-9H,1-3,10H2,(H,21,22). The number of benzene rings is 2. The zero-order valence-corrected chi connectivity index (χ0v) is 14.3. The Morgan fingerprint density at radius 3 is 2.62 bits per heavy atom. The van der Waals surface area contributed by atoms with Crippen LogP contribution in [0, 0.1) is 0 Å². The molecule has 0 unspecified atom stereocenters. The van der Waals surface area contributed by atoms with E-state index in [1.807, 2.05) is 12.1 Å². The van der Waals surface area contributed by atoms with Crippen LogP contribution >= 0.6 is 23.2 Å². The molecule has 0 atom stereocenters. The normalized spacial score (nSPS) is 12.6. The van der Waals surface area contributed by atoms with Gasteiger partial charge in [-0.05, 0) is 60.7 Å². The SMILES string of the molecule is O=C(COC(=O)c1ccc2c(c1)CCC2)Nc1ccc(Cl)cc1Cl. The molecule has 0 heterocycles. The van der Waals surface area contributed by atoms with E-state index in [9.17, 15) is 9.59 Å². The van der Waals surface area contributed by atoms with Crippen LogP contribution in [0.1, 0.15) is 27.9 Å². The first-order chi connectivity index (χ1) is 11.5. The maximum atomic E-state index is 12.1. The maximum absolute atomic E-state index is 12.1. The lowest BCUT2D eigenvalue weighted by Gasteiger charge is -2.09. The Labute approximate surface area is 149 Å². The van der Waals surface area contributed by atoms with Gasteiger partial charge in [0.15, 0.2) is 6.61 Å². The van der Waals surface area contributed by atoms with Crippen LogP contribution in [0.25, 0.3) is 0 Å². The van der Waals surface area contributed by atoms with Crippen molar-refractivity contribution < 1.29 is 14.3 Å². The molecule has 3 rings (SSSR count).